The third-order valence-electron chi connectivity index (χ3n) is 2.59. The van der Waals surface area contributed by atoms with Crippen molar-refractivity contribution in [3.8, 4) is 0 Å². The topological polar surface area (TPSA) is 26.0 Å². The molecule has 2 N–H and O–H groups in total. The first-order chi connectivity index (χ1) is 8.97. The lowest BCUT2D eigenvalue weighted by molar-refractivity contribution is 0.577. The molecule has 2 aromatic rings. The molecule has 0 aliphatic rings. The van der Waals surface area contributed by atoms with Crippen LogP contribution in [0.1, 0.15) is 18.5 Å². The first-order valence-corrected chi connectivity index (χ1v) is 7.26. The summed E-state index contributed by atoms with van der Waals surface area (Å²) in [6, 6.07) is 8.97. The van der Waals surface area contributed by atoms with Crippen molar-refractivity contribution in [2.45, 2.75) is 22.8 Å². The van der Waals surface area contributed by atoms with E-state index in [2.05, 4.69) is 15.9 Å². The van der Waals surface area contributed by atoms with Crippen molar-refractivity contribution in [1.29, 1.82) is 0 Å². The van der Waals surface area contributed by atoms with Gasteiger partial charge in [0.15, 0.2) is 0 Å². The van der Waals surface area contributed by atoms with E-state index in [9.17, 15) is 8.78 Å². The zero-order valence-corrected chi connectivity index (χ0v) is 12.6. The van der Waals surface area contributed by atoms with Crippen LogP contribution in [0.5, 0.6) is 0 Å². The van der Waals surface area contributed by atoms with Crippen LogP contribution in [0.2, 0.25) is 0 Å². The average Bonchev–Trinajstić information content (AvgIpc) is 2.36. The predicted molar refractivity (Wildman–Crippen MR) is 77.2 cm³/mol. The lowest BCUT2D eigenvalue weighted by Crippen LogP contribution is -2.04. The van der Waals surface area contributed by atoms with Crippen LogP contribution in [0.15, 0.2) is 50.7 Å². The van der Waals surface area contributed by atoms with Gasteiger partial charge in [0, 0.05) is 15.4 Å². The Balaban J connectivity index is 2.31. The summed E-state index contributed by atoms with van der Waals surface area (Å²) in [5.41, 5.74) is 6.77. The van der Waals surface area contributed by atoms with Crippen LogP contribution in [-0.2, 0) is 0 Å². The van der Waals surface area contributed by atoms with Crippen molar-refractivity contribution >= 4 is 27.7 Å². The molecule has 2 aromatic carbocycles. The van der Waals surface area contributed by atoms with Gasteiger partial charge in [-0.25, -0.2) is 8.78 Å². The Bertz CT molecular complexity index is 602. The van der Waals surface area contributed by atoms with E-state index in [0.717, 1.165) is 27.1 Å². The number of nitrogens with two attached hydrogens (primary N) is 1. The van der Waals surface area contributed by atoms with Crippen molar-refractivity contribution in [2.75, 3.05) is 0 Å². The third-order valence-corrected chi connectivity index (χ3v) is 4.62. The molecular weight excluding hydrogens is 332 g/mol. The maximum atomic E-state index is 13.6. The smallest absolute Gasteiger partial charge is 0.137 e. The number of hydrogen-bond acceptors (Lipinski definition) is 2. The second-order valence-corrected chi connectivity index (χ2v) is 6.09. The van der Waals surface area contributed by atoms with Gasteiger partial charge in [-0.05, 0) is 58.7 Å². The van der Waals surface area contributed by atoms with Crippen molar-refractivity contribution in [1.82, 2.24) is 0 Å². The highest BCUT2D eigenvalue weighted by Crippen LogP contribution is 2.36. The number of benzene rings is 2. The summed E-state index contributed by atoms with van der Waals surface area (Å²) in [6.45, 7) is 1.89. The zero-order valence-electron chi connectivity index (χ0n) is 10.2. The van der Waals surface area contributed by atoms with Crippen molar-refractivity contribution < 1.29 is 8.78 Å². The van der Waals surface area contributed by atoms with E-state index in [1.54, 1.807) is 0 Å². The summed E-state index contributed by atoms with van der Waals surface area (Å²) in [5.74, 6) is -0.887. The molecule has 0 amide bonds. The predicted octanol–water partition coefficient (Wildman–Crippen LogP) is 4.90. The van der Waals surface area contributed by atoms with E-state index < -0.39 is 11.6 Å². The zero-order chi connectivity index (χ0) is 14.0. The van der Waals surface area contributed by atoms with E-state index in [-0.39, 0.29) is 10.9 Å². The highest BCUT2D eigenvalue weighted by atomic mass is 79.9. The average molecular weight is 344 g/mol. The lowest BCUT2D eigenvalue weighted by atomic mass is 10.1. The Morgan fingerprint density at radius 1 is 1.11 bits per heavy atom. The number of rotatable bonds is 3. The molecule has 19 heavy (non-hydrogen) atoms. The summed E-state index contributed by atoms with van der Waals surface area (Å²) in [5, 5.41) is 0. The molecule has 0 radical (unpaired) electrons. The second-order valence-electron chi connectivity index (χ2n) is 4.16. The Kier molecular flexibility index (Phi) is 4.60. The maximum absolute atomic E-state index is 13.6. The molecule has 0 heterocycles. The van der Waals surface area contributed by atoms with Crippen molar-refractivity contribution in [3.05, 3.63) is 58.1 Å². The van der Waals surface area contributed by atoms with E-state index in [0.29, 0.717) is 0 Å². The van der Waals surface area contributed by atoms with Crippen molar-refractivity contribution in [3.63, 3.8) is 0 Å². The van der Waals surface area contributed by atoms with Crippen LogP contribution < -0.4 is 5.73 Å². The van der Waals surface area contributed by atoms with Crippen LogP contribution in [0.25, 0.3) is 0 Å². The Morgan fingerprint density at radius 2 is 1.84 bits per heavy atom. The summed E-state index contributed by atoms with van der Waals surface area (Å²) >= 11 is 4.60. The summed E-state index contributed by atoms with van der Waals surface area (Å²) in [4.78, 5) is 1.07. The van der Waals surface area contributed by atoms with Gasteiger partial charge in [-0.2, -0.15) is 0 Å². The minimum Gasteiger partial charge on any atom is -0.324 e. The van der Waals surface area contributed by atoms with Crippen LogP contribution >= 0.6 is 27.7 Å². The first-order valence-electron chi connectivity index (χ1n) is 5.65. The fourth-order valence-corrected chi connectivity index (χ4v) is 3.06. The van der Waals surface area contributed by atoms with Gasteiger partial charge >= 0.3 is 0 Å². The van der Waals surface area contributed by atoms with E-state index in [1.807, 2.05) is 25.1 Å². The molecule has 100 valence electrons. The molecule has 0 aromatic heterocycles. The van der Waals surface area contributed by atoms with Gasteiger partial charge in [-0.15, -0.1) is 0 Å². The second kappa shape index (κ2) is 6.03. The van der Waals surface area contributed by atoms with E-state index >= 15 is 0 Å². The SMILES string of the molecule is C[C@H](N)c1ccc(Sc2cc(F)ccc2F)c(Br)c1. The third kappa shape index (κ3) is 3.55. The van der Waals surface area contributed by atoms with E-state index in [1.165, 1.54) is 17.8 Å². The molecule has 0 fully saturated rings. The minimum atomic E-state index is -0.452. The summed E-state index contributed by atoms with van der Waals surface area (Å²) < 4.78 is 27.5. The van der Waals surface area contributed by atoms with Crippen LogP contribution in [0.4, 0.5) is 8.78 Å². The lowest BCUT2D eigenvalue weighted by Gasteiger charge is -2.10. The Morgan fingerprint density at radius 3 is 2.47 bits per heavy atom. The number of halogens is 3. The summed E-state index contributed by atoms with van der Waals surface area (Å²) in [7, 11) is 0. The van der Waals surface area contributed by atoms with Gasteiger partial charge < -0.3 is 5.73 Å². The molecular formula is C14H12BrF2NS. The Hall–Kier alpha value is -0.910. The van der Waals surface area contributed by atoms with Crippen molar-refractivity contribution in [2.24, 2.45) is 5.73 Å². The van der Waals surface area contributed by atoms with Gasteiger partial charge in [0.2, 0.25) is 0 Å². The molecule has 0 aliphatic heterocycles. The molecule has 0 unspecified atom stereocenters. The van der Waals surface area contributed by atoms with Gasteiger partial charge in [0.25, 0.3) is 0 Å². The number of hydrogen-bond donors (Lipinski definition) is 1. The fourth-order valence-electron chi connectivity index (χ4n) is 1.56. The van der Waals surface area contributed by atoms with Gasteiger partial charge in [-0.3, -0.25) is 0 Å². The normalized spacial score (nSPS) is 12.5. The molecule has 0 saturated heterocycles. The van der Waals surface area contributed by atoms with Crippen LogP contribution in [0, 0.1) is 11.6 Å². The molecule has 0 aliphatic carbocycles. The monoisotopic (exact) mass is 343 g/mol. The van der Waals surface area contributed by atoms with Crippen LogP contribution in [-0.4, -0.2) is 0 Å². The molecule has 0 bridgehead atoms. The summed E-state index contributed by atoms with van der Waals surface area (Å²) in [6.07, 6.45) is 0. The van der Waals surface area contributed by atoms with Gasteiger partial charge in [-0.1, -0.05) is 17.8 Å². The van der Waals surface area contributed by atoms with E-state index in [4.69, 9.17) is 5.73 Å². The van der Waals surface area contributed by atoms with Crippen LogP contribution in [0.3, 0.4) is 0 Å². The standard InChI is InChI=1S/C14H12BrF2NS/c1-8(18)9-2-5-13(11(15)6-9)19-14-7-10(16)3-4-12(14)17/h2-8H,18H2,1H3/t8-/m0/s1. The molecule has 1 nitrogen and oxygen atoms in total. The first kappa shape index (κ1) is 14.5. The highest BCUT2D eigenvalue weighted by Gasteiger charge is 2.10. The fraction of sp³-hybridized carbons (Fsp3) is 0.143. The Labute approximate surface area is 123 Å². The molecule has 2 rings (SSSR count). The van der Waals surface area contributed by atoms with Gasteiger partial charge in [0.05, 0.1) is 4.90 Å². The minimum absolute atomic E-state index is 0.0683. The molecule has 1 atom stereocenters. The quantitative estimate of drug-likeness (QED) is 0.857. The molecule has 0 saturated carbocycles. The molecule has 5 heteroatoms. The highest BCUT2D eigenvalue weighted by molar-refractivity contribution is 9.10. The largest absolute Gasteiger partial charge is 0.324 e. The maximum Gasteiger partial charge on any atom is 0.137 e. The molecule has 0 spiro atoms. The van der Waals surface area contributed by atoms with Gasteiger partial charge in [0.1, 0.15) is 11.6 Å².